The van der Waals surface area contributed by atoms with Gasteiger partial charge in [-0.2, -0.15) is 0 Å². The van der Waals surface area contributed by atoms with Crippen molar-refractivity contribution in [1.29, 1.82) is 0 Å². The molecule has 3 aromatic rings. The number of carbonyl (C=O) groups is 3. The largest absolute Gasteiger partial charge is 0.351 e. The fourth-order valence-corrected chi connectivity index (χ4v) is 6.60. The maximum Gasteiger partial charge on any atom is 0.280 e. The van der Waals surface area contributed by atoms with E-state index in [1.165, 1.54) is 11.3 Å². The van der Waals surface area contributed by atoms with Gasteiger partial charge in [-0.1, -0.05) is 11.6 Å². The molecular weight excluding hydrogens is 559 g/mol. The summed E-state index contributed by atoms with van der Waals surface area (Å²) in [7, 11) is 5.57. The molecule has 3 N–H and O–H groups in total. The lowest BCUT2D eigenvalue weighted by atomic mass is 9.80. The number of aromatic amines is 1. The first-order chi connectivity index (χ1) is 18.2. The first-order valence-corrected chi connectivity index (χ1v) is 14.1. The monoisotopic (exact) mass is 592 g/mol. The topological polar surface area (TPSA) is 110 Å². The molecule has 210 valence electrons. The summed E-state index contributed by atoms with van der Waals surface area (Å²) in [5.41, 5.74) is 2.27. The molecule has 0 radical (unpaired) electrons. The van der Waals surface area contributed by atoms with Crippen LogP contribution in [0.3, 0.4) is 0 Å². The van der Waals surface area contributed by atoms with E-state index in [9.17, 15) is 14.4 Å². The standard InChI is InChI=1S/C27H33ClN6O3S.ClH/c1-33(2)24(35)11-15-4-6-19(30-25(36)22-13-16-12-17(28)5-7-18(16)29-22)21(10-15)31-26(37)27-32-20-8-9-34(3)14-23(20)38-27;/h5,7,12-13,15,19,21,29H,4,6,8-11,14H2,1-3H3,(H,30,36)(H,31,37);1H. The molecule has 5 rings (SSSR count). The maximum absolute atomic E-state index is 13.3. The van der Waals surface area contributed by atoms with Crippen molar-refractivity contribution >= 4 is 64.0 Å². The molecule has 1 saturated carbocycles. The third-order valence-electron chi connectivity index (χ3n) is 7.50. The molecule has 3 amide bonds. The molecule has 1 aliphatic carbocycles. The Morgan fingerprint density at radius 1 is 1.15 bits per heavy atom. The number of benzene rings is 1. The molecule has 3 unspecified atom stereocenters. The smallest absolute Gasteiger partial charge is 0.280 e. The number of thiazole rings is 1. The van der Waals surface area contributed by atoms with Crippen LogP contribution >= 0.6 is 35.3 Å². The molecular formula is C27H34Cl2N6O3S. The zero-order valence-corrected chi connectivity index (χ0v) is 24.6. The lowest BCUT2D eigenvalue weighted by Gasteiger charge is -2.37. The van der Waals surface area contributed by atoms with Crippen molar-refractivity contribution in [2.75, 3.05) is 27.7 Å². The van der Waals surface area contributed by atoms with Crippen molar-refractivity contribution in [1.82, 2.24) is 30.4 Å². The number of nitrogens with one attached hydrogen (secondary N) is 3. The van der Waals surface area contributed by atoms with Crippen LogP contribution in [0.1, 0.15) is 56.5 Å². The molecule has 9 nitrogen and oxygen atoms in total. The van der Waals surface area contributed by atoms with Crippen molar-refractivity contribution in [3.05, 3.63) is 50.6 Å². The van der Waals surface area contributed by atoms with E-state index < -0.39 is 0 Å². The second-order valence-corrected chi connectivity index (χ2v) is 12.1. The highest BCUT2D eigenvalue weighted by atomic mass is 35.5. The fraction of sp³-hybridized carbons (Fsp3) is 0.481. The number of halogens is 2. The van der Waals surface area contributed by atoms with Crippen molar-refractivity contribution in [3.63, 3.8) is 0 Å². The van der Waals surface area contributed by atoms with Crippen LogP contribution in [0, 0.1) is 5.92 Å². The number of nitrogens with zero attached hydrogens (tertiary/aromatic N) is 3. The number of amides is 3. The van der Waals surface area contributed by atoms with E-state index in [1.54, 1.807) is 31.1 Å². The summed E-state index contributed by atoms with van der Waals surface area (Å²) >= 11 is 7.54. The minimum absolute atomic E-state index is 0. The van der Waals surface area contributed by atoms with Gasteiger partial charge in [0, 0.05) is 72.9 Å². The second kappa shape index (κ2) is 12.2. The second-order valence-electron chi connectivity index (χ2n) is 10.6. The highest BCUT2D eigenvalue weighted by molar-refractivity contribution is 7.13. The van der Waals surface area contributed by atoms with Crippen LogP contribution in [0.15, 0.2) is 24.3 Å². The molecule has 39 heavy (non-hydrogen) atoms. The third kappa shape index (κ3) is 6.74. The van der Waals surface area contributed by atoms with Crippen LogP contribution in [0.2, 0.25) is 5.02 Å². The quantitative estimate of drug-likeness (QED) is 0.402. The molecule has 0 spiro atoms. The van der Waals surface area contributed by atoms with Gasteiger partial charge in [-0.15, -0.1) is 23.7 Å². The average Bonchev–Trinajstić information content (AvgIpc) is 3.49. The molecule has 1 fully saturated rings. The Bertz CT molecular complexity index is 1370. The minimum Gasteiger partial charge on any atom is -0.351 e. The van der Waals surface area contributed by atoms with Crippen LogP contribution in [0.25, 0.3) is 10.9 Å². The van der Waals surface area contributed by atoms with Gasteiger partial charge in [0.25, 0.3) is 11.8 Å². The molecule has 1 aliphatic heterocycles. The number of H-pyrrole nitrogens is 1. The maximum atomic E-state index is 13.3. The summed E-state index contributed by atoms with van der Waals surface area (Å²) < 4.78 is 0. The zero-order valence-electron chi connectivity index (χ0n) is 22.3. The summed E-state index contributed by atoms with van der Waals surface area (Å²) in [6, 6.07) is 6.62. The van der Waals surface area contributed by atoms with E-state index in [4.69, 9.17) is 11.6 Å². The zero-order chi connectivity index (χ0) is 27.0. The molecule has 2 aromatic heterocycles. The van der Waals surface area contributed by atoms with Gasteiger partial charge in [0.1, 0.15) is 5.69 Å². The van der Waals surface area contributed by atoms with Gasteiger partial charge in [0.15, 0.2) is 5.01 Å². The summed E-state index contributed by atoms with van der Waals surface area (Å²) in [5.74, 6) is -0.277. The first-order valence-electron chi connectivity index (χ1n) is 12.9. The summed E-state index contributed by atoms with van der Waals surface area (Å²) in [5, 5.41) is 8.20. The number of carbonyl (C=O) groups excluding carboxylic acids is 3. The van der Waals surface area contributed by atoms with Crippen molar-refractivity contribution in [2.45, 2.75) is 50.7 Å². The molecule has 0 saturated heterocycles. The van der Waals surface area contributed by atoms with E-state index in [0.717, 1.165) is 47.4 Å². The third-order valence-corrected chi connectivity index (χ3v) is 8.81. The lowest BCUT2D eigenvalue weighted by molar-refractivity contribution is -0.130. The van der Waals surface area contributed by atoms with Crippen LogP contribution in [0.4, 0.5) is 0 Å². The summed E-state index contributed by atoms with van der Waals surface area (Å²) in [6.07, 6.45) is 3.31. The minimum atomic E-state index is -0.317. The van der Waals surface area contributed by atoms with E-state index in [-0.39, 0.29) is 48.1 Å². The number of aromatic nitrogens is 2. The summed E-state index contributed by atoms with van der Waals surface area (Å²) in [6.45, 7) is 1.73. The SMILES string of the molecule is CN1CCc2nc(C(=O)NC3CC(CC(=O)N(C)C)CCC3NC(=O)c3cc4cc(Cl)ccc4[nH]3)sc2C1.Cl. The Morgan fingerprint density at radius 2 is 1.92 bits per heavy atom. The van der Waals surface area contributed by atoms with Crippen LogP contribution in [0.5, 0.6) is 0 Å². The Kier molecular flexibility index (Phi) is 9.21. The van der Waals surface area contributed by atoms with Gasteiger partial charge in [-0.05, 0) is 56.5 Å². The van der Waals surface area contributed by atoms with Gasteiger partial charge >= 0.3 is 0 Å². The Hall–Kier alpha value is -2.66. The van der Waals surface area contributed by atoms with E-state index in [2.05, 4.69) is 32.5 Å². The Balaban J connectivity index is 0.00000353. The molecule has 1 aromatic carbocycles. The van der Waals surface area contributed by atoms with Crippen LogP contribution in [-0.2, 0) is 17.8 Å². The van der Waals surface area contributed by atoms with Gasteiger partial charge in [-0.3, -0.25) is 14.4 Å². The number of hydrogen-bond donors (Lipinski definition) is 3. The highest BCUT2D eigenvalue weighted by Crippen LogP contribution is 2.30. The lowest BCUT2D eigenvalue weighted by Crippen LogP contribution is -2.54. The van der Waals surface area contributed by atoms with Gasteiger partial charge in [-0.25, -0.2) is 4.98 Å². The Morgan fingerprint density at radius 3 is 2.69 bits per heavy atom. The predicted octanol–water partition coefficient (Wildman–Crippen LogP) is 3.86. The van der Waals surface area contributed by atoms with Crippen LogP contribution in [-0.4, -0.2) is 77.3 Å². The van der Waals surface area contributed by atoms with Crippen LogP contribution < -0.4 is 10.6 Å². The van der Waals surface area contributed by atoms with Crippen molar-refractivity contribution in [3.8, 4) is 0 Å². The van der Waals surface area contributed by atoms with E-state index >= 15 is 0 Å². The van der Waals surface area contributed by atoms with Gasteiger partial charge in [0.05, 0.1) is 5.69 Å². The molecule has 0 bridgehead atoms. The van der Waals surface area contributed by atoms with Gasteiger partial charge < -0.3 is 25.4 Å². The van der Waals surface area contributed by atoms with E-state index in [1.807, 2.05) is 12.1 Å². The molecule has 3 atom stereocenters. The number of rotatable bonds is 6. The Labute approximate surface area is 243 Å². The number of fused-ring (bicyclic) bond motifs is 2. The summed E-state index contributed by atoms with van der Waals surface area (Å²) in [4.78, 5) is 51.7. The van der Waals surface area contributed by atoms with Crippen molar-refractivity contribution in [2.24, 2.45) is 5.92 Å². The fourth-order valence-electron chi connectivity index (χ4n) is 5.33. The number of hydrogen-bond acceptors (Lipinski definition) is 6. The molecule has 12 heteroatoms. The molecule has 2 aliphatic rings. The number of likely N-dealkylation sites (N-methyl/N-ethyl adjacent to an activating group) is 1. The average molecular weight is 594 g/mol. The van der Waals surface area contributed by atoms with E-state index in [0.29, 0.717) is 35.0 Å². The highest BCUT2D eigenvalue weighted by Gasteiger charge is 2.35. The molecule has 3 heterocycles. The predicted molar refractivity (Wildman–Crippen MR) is 156 cm³/mol. The normalized spacial score (nSPS) is 21.1. The van der Waals surface area contributed by atoms with Crippen molar-refractivity contribution < 1.29 is 14.4 Å². The van der Waals surface area contributed by atoms with Gasteiger partial charge in [0.2, 0.25) is 5.91 Å². The first kappa shape index (κ1) is 29.3.